The van der Waals surface area contributed by atoms with Gasteiger partial charge in [-0.1, -0.05) is 6.92 Å². The van der Waals surface area contributed by atoms with Crippen LogP contribution in [-0.4, -0.2) is 9.78 Å². The molecule has 0 unspecified atom stereocenters. The van der Waals surface area contributed by atoms with Crippen LogP contribution in [0, 0.1) is 6.92 Å². The molecule has 0 saturated carbocycles. The highest BCUT2D eigenvalue weighted by atomic mass is 16.1. The molecule has 10 heavy (non-hydrogen) atoms. The van der Waals surface area contributed by atoms with Crippen LogP contribution in [0.1, 0.15) is 18.2 Å². The second kappa shape index (κ2) is 2.33. The zero-order valence-electron chi connectivity index (χ0n) is 6.56. The summed E-state index contributed by atoms with van der Waals surface area (Å²) < 4.78 is 1.51. The number of H-pyrrole nitrogens is 1. The largest absolute Gasteiger partial charge is 0.300 e. The molecule has 1 aromatic rings. The van der Waals surface area contributed by atoms with E-state index in [9.17, 15) is 4.79 Å². The number of aromatic nitrogens is 2. The molecule has 3 heteroatoms. The lowest BCUT2D eigenvalue weighted by atomic mass is 10.2. The van der Waals surface area contributed by atoms with Crippen molar-refractivity contribution in [2.24, 2.45) is 7.05 Å². The van der Waals surface area contributed by atoms with Crippen LogP contribution in [0.4, 0.5) is 0 Å². The Morgan fingerprint density at radius 1 is 1.60 bits per heavy atom. The molecule has 0 saturated heterocycles. The fraction of sp³-hybridized carbons (Fsp3) is 0.571. The predicted molar refractivity (Wildman–Crippen MR) is 40.1 cm³/mol. The topological polar surface area (TPSA) is 37.8 Å². The average Bonchev–Trinajstić information content (AvgIpc) is 2.17. The van der Waals surface area contributed by atoms with E-state index < -0.39 is 0 Å². The quantitative estimate of drug-likeness (QED) is 0.609. The minimum Gasteiger partial charge on any atom is -0.300 e. The van der Waals surface area contributed by atoms with Crippen molar-refractivity contribution in [3.8, 4) is 0 Å². The van der Waals surface area contributed by atoms with E-state index in [0.717, 1.165) is 17.7 Å². The molecule has 0 amide bonds. The molecule has 0 bridgehead atoms. The van der Waals surface area contributed by atoms with Gasteiger partial charge in [-0.05, 0) is 13.3 Å². The Labute approximate surface area is 59.7 Å². The van der Waals surface area contributed by atoms with Crippen LogP contribution in [0.3, 0.4) is 0 Å². The number of nitrogens with one attached hydrogen (secondary N) is 1. The molecule has 3 nitrogen and oxygen atoms in total. The molecular formula is C7H12N2O. The third-order valence-corrected chi connectivity index (χ3v) is 1.73. The Bertz CT molecular complexity index is 282. The van der Waals surface area contributed by atoms with Gasteiger partial charge in [-0.3, -0.25) is 14.6 Å². The van der Waals surface area contributed by atoms with Gasteiger partial charge in [-0.25, -0.2) is 0 Å². The SMILES string of the molecule is CCc1[nH]n(C)c(=O)c1C. The molecule has 1 N–H and O–H groups in total. The normalized spacial score (nSPS) is 10.3. The minimum absolute atomic E-state index is 0.0804. The van der Waals surface area contributed by atoms with Crippen molar-refractivity contribution >= 4 is 0 Å². The smallest absolute Gasteiger partial charge is 0.269 e. The van der Waals surface area contributed by atoms with Crippen molar-refractivity contribution in [1.82, 2.24) is 9.78 Å². The fourth-order valence-electron chi connectivity index (χ4n) is 1.06. The van der Waals surface area contributed by atoms with E-state index in [4.69, 9.17) is 0 Å². The van der Waals surface area contributed by atoms with Gasteiger partial charge in [0.25, 0.3) is 5.56 Å². The van der Waals surface area contributed by atoms with Gasteiger partial charge in [0.05, 0.1) is 0 Å². The van der Waals surface area contributed by atoms with Crippen LogP contribution in [0.2, 0.25) is 0 Å². The Balaban J connectivity index is 3.31. The van der Waals surface area contributed by atoms with Crippen LogP contribution >= 0.6 is 0 Å². The molecule has 0 aromatic carbocycles. The Hall–Kier alpha value is -0.990. The first-order valence-electron chi connectivity index (χ1n) is 3.41. The standard InChI is InChI=1S/C7H12N2O/c1-4-6-5(2)7(10)9(3)8-6/h8H,4H2,1-3H3. The van der Waals surface area contributed by atoms with E-state index in [1.165, 1.54) is 4.68 Å². The second-order valence-electron chi connectivity index (χ2n) is 2.43. The van der Waals surface area contributed by atoms with Gasteiger partial charge in [0.2, 0.25) is 0 Å². The highest BCUT2D eigenvalue weighted by Gasteiger charge is 2.03. The Morgan fingerprint density at radius 2 is 2.20 bits per heavy atom. The van der Waals surface area contributed by atoms with Crippen LogP contribution in [0.15, 0.2) is 4.79 Å². The summed E-state index contributed by atoms with van der Waals surface area (Å²) in [4.78, 5) is 11.1. The Morgan fingerprint density at radius 3 is 2.40 bits per heavy atom. The number of nitrogens with zero attached hydrogens (tertiary/aromatic N) is 1. The van der Waals surface area contributed by atoms with Crippen molar-refractivity contribution < 1.29 is 0 Å². The lowest BCUT2D eigenvalue weighted by Gasteiger charge is -1.88. The van der Waals surface area contributed by atoms with Gasteiger partial charge in [0.1, 0.15) is 0 Å². The molecular weight excluding hydrogens is 128 g/mol. The first kappa shape index (κ1) is 7.12. The molecule has 0 spiro atoms. The maximum atomic E-state index is 11.1. The molecule has 56 valence electrons. The van der Waals surface area contributed by atoms with E-state index in [0.29, 0.717) is 0 Å². The van der Waals surface area contributed by atoms with Crippen molar-refractivity contribution in [2.75, 3.05) is 0 Å². The number of hydrogen-bond donors (Lipinski definition) is 1. The molecule has 0 aliphatic heterocycles. The summed E-state index contributed by atoms with van der Waals surface area (Å²) in [5, 5.41) is 2.97. The van der Waals surface area contributed by atoms with Gasteiger partial charge in [-0.2, -0.15) is 0 Å². The van der Waals surface area contributed by atoms with Gasteiger partial charge in [-0.15, -0.1) is 0 Å². The highest BCUT2D eigenvalue weighted by molar-refractivity contribution is 5.14. The Kier molecular flexibility index (Phi) is 1.66. The lowest BCUT2D eigenvalue weighted by molar-refractivity contribution is 0.722. The molecule has 1 heterocycles. The average molecular weight is 140 g/mol. The van der Waals surface area contributed by atoms with Crippen molar-refractivity contribution in [1.29, 1.82) is 0 Å². The summed E-state index contributed by atoms with van der Waals surface area (Å²) in [5.41, 5.74) is 1.95. The molecule has 0 radical (unpaired) electrons. The molecule has 0 fully saturated rings. The minimum atomic E-state index is 0.0804. The third kappa shape index (κ3) is 0.875. The highest BCUT2D eigenvalue weighted by Crippen LogP contribution is 1.97. The summed E-state index contributed by atoms with van der Waals surface area (Å²) in [6, 6.07) is 0. The zero-order valence-corrected chi connectivity index (χ0v) is 6.56. The van der Waals surface area contributed by atoms with Gasteiger partial charge in [0, 0.05) is 18.3 Å². The summed E-state index contributed by atoms with van der Waals surface area (Å²) in [5.74, 6) is 0. The lowest BCUT2D eigenvalue weighted by Crippen LogP contribution is -2.12. The van der Waals surface area contributed by atoms with Crippen molar-refractivity contribution in [3.05, 3.63) is 21.6 Å². The van der Waals surface area contributed by atoms with Gasteiger partial charge in [0.15, 0.2) is 0 Å². The fourth-order valence-corrected chi connectivity index (χ4v) is 1.06. The van der Waals surface area contributed by atoms with Gasteiger partial charge < -0.3 is 0 Å². The number of hydrogen-bond acceptors (Lipinski definition) is 1. The first-order chi connectivity index (χ1) is 4.66. The number of aromatic amines is 1. The summed E-state index contributed by atoms with van der Waals surface area (Å²) in [7, 11) is 1.73. The van der Waals surface area contributed by atoms with Crippen LogP contribution < -0.4 is 5.56 Å². The molecule has 1 aromatic heterocycles. The molecule has 0 aliphatic rings. The monoisotopic (exact) mass is 140 g/mol. The summed E-state index contributed by atoms with van der Waals surface area (Å²) >= 11 is 0. The van der Waals surface area contributed by atoms with Crippen molar-refractivity contribution in [3.63, 3.8) is 0 Å². The number of rotatable bonds is 1. The third-order valence-electron chi connectivity index (χ3n) is 1.73. The van der Waals surface area contributed by atoms with E-state index in [2.05, 4.69) is 5.10 Å². The van der Waals surface area contributed by atoms with E-state index in [-0.39, 0.29) is 5.56 Å². The van der Waals surface area contributed by atoms with Gasteiger partial charge >= 0.3 is 0 Å². The van der Waals surface area contributed by atoms with E-state index in [1.54, 1.807) is 7.05 Å². The predicted octanol–water partition coefficient (Wildman–Crippen LogP) is 0.584. The molecule has 0 atom stereocenters. The summed E-state index contributed by atoms with van der Waals surface area (Å²) in [6.07, 6.45) is 0.891. The van der Waals surface area contributed by atoms with Crippen LogP contribution in [-0.2, 0) is 13.5 Å². The first-order valence-corrected chi connectivity index (χ1v) is 3.41. The molecule has 1 rings (SSSR count). The second-order valence-corrected chi connectivity index (χ2v) is 2.43. The van der Waals surface area contributed by atoms with Crippen LogP contribution in [0.5, 0.6) is 0 Å². The summed E-state index contributed by atoms with van der Waals surface area (Å²) in [6.45, 7) is 3.87. The van der Waals surface area contributed by atoms with Crippen molar-refractivity contribution in [2.45, 2.75) is 20.3 Å². The maximum absolute atomic E-state index is 11.1. The number of aryl methyl sites for hydroxylation is 2. The molecule has 0 aliphatic carbocycles. The van der Waals surface area contributed by atoms with Crippen LogP contribution in [0.25, 0.3) is 0 Å². The maximum Gasteiger partial charge on any atom is 0.269 e. The van der Waals surface area contributed by atoms with E-state index in [1.807, 2.05) is 13.8 Å². The van der Waals surface area contributed by atoms with E-state index >= 15 is 0 Å². The zero-order chi connectivity index (χ0) is 7.72.